The van der Waals surface area contributed by atoms with E-state index >= 15 is 0 Å². The van der Waals surface area contributed by atoms with Crippen molar-refractivity contribution in [3.63, 3.8) is 0 Å². The third-order valence-corrected chi connectivity index (χ3v) is 3.94. The van der Waals surface area contributed by atoms with Crippen LogP contribution in [0.3, 0.4) is 0 Å². The van der Waals surface area contributed by atoms with Gasteiger partial charge < -0.3 is 14.4 Å². The fourth-order valence-corrected chi connectivity index (χ4v) is 2.63. The van der Waals surface area contributed by atoms with Crippen molar-refractivity contribution in [3.8, 4) is 16.9 Å². The molecule has 1 amide bonds. The van der Waals surface area contributed by atoms with Crippen LogP contribution in [-0.2, 0) is 9.53 Å². The van der Waals surface area contributed by atoms with Gasteiger partial charge in [-0.25, -0.2) is 0 Å². The summed E-state index contributed by atoms with van der Waals surface area (Å²) < 4.78 is 11.0. The quantitative estimate of drug-likeness (QED) is 0.792. The lowest BCUT2D eigenvalue weighted by atomic mass is 10.0. The zero-order valence-electron chi connectivity index (χ0n) is 13.3. The number of carbonyl (C=O) groups is 2. The minimum atomic E-state index is -0.0585. The summed E-state index contributed by atoms with van der Waals surface area (Å²) in [5.41, 5.74) is 2.31. The van der Waals surface area contributed by atoms with Crippen molar-refractivity contribution >= 4 is 12.2 Å². The molecule has 5 nitrogen and oxygen atoms in total. The van der Waals surface area contributed by atoms with Gasteiger partial charge in [0.05, 0.1) is 13.2 Å². The van der Waals surface area contributed by atoms with Gasteiger partial charge in [0, 0.05) is 24.2 Å². The first kappa shape index (κ1) is 16.2. The van der Waals surface area contributed by atoms with Gasteiger partial charge in [0.2, 0.25) is 0 Å². The molecule has 0 aromatic heterocycles. The van der Waals surface area contributed by atoms with Crippen molar-refractivity contribution in [2.75, 3.05) is 32.9 Å². The second-order valence-electron chi connectivity index (χ2n) is 5.52. The molecule has 0 saturated carbocycles. The van der Waals surface area contributed by atoms with Crippen LogP contribution in [0.25, 0.3) is 11.1 Å². The van der Waals surface area contributed by atoms with Gasteiger partial charge in [0.25, 0.3) is 5.91 Å². The van der Waals surface area contributed by atoms with Crippen LogP contribution in [0.2, 0.25) is 0 Å². The van der Waals surface area contributed by atoms with Gasteiger partial charge in [-0.1, -0.05) is 30.3 Å². The fraction of sp³-hybridized carbons (Fsp3) is 0.263. The van der Waals surface area contributed by atoms with E-state index in [4.69, 9.17) is 9.47 Å². The third kappa shape index (κ3) is 3.81. The van der Waals surface area contributed by atoms with Crippen LogP contribution in [0.4, 0.5) is 0 Å². The van der Waals surface area contributed by atoms with Crippen molar-refractivity contribution in [1.29, 1.82) is 0 Å². The molecule has 0 atom stereocenters. The number of ether oxygens (including phenoxy) is 2. The maximum Gasteiger partial charge on any atom is 0.260 e. The highest BCUT2D eigenvalue weighted by atomic mass is 16.5. The lowest BCUT2D eigenvalue weighted by molar-refractivity contribution is -0.137. The molecule has 5 heteroatoms. The molecule has 0 aliphatic carbocycles. The molecule has 124 valence electrons. The van der Waals surface area contributed by atoms with Crippen molar-refractivity contribution in [2.45, 2.75) is 0 Å². The Morgan fingerprint density at radius 1 is 1.12 bits per heavy atom. The summed E-state index contributed by atoms with van der Waals surface area (Å²) >= 11 is 0. The zero-order chi connectivity index (χ0) is 16.8. The molecule has 24 heavy (non-hydrogen) atoms. The standard InChI is InChI=1S/C19H19NO4/c21-13-15-6-7-18(17(12-15)16-4-2-1-3-5-16)24-14-19(22)20-8-10-23-11-9-20/h1-7,12-13H,8-11,14H2. The normalized spacial score (nSPS) is 14.2. The summed E-state index contributed by atoms with van der Waals surface area (Å²) in [5.74, 6) is 0.533. The Hall–Kier alpha value is -2.66. The van der Waals surface area contributed by atoms with E-state index in [0.717, 1.165) is 17.4 Å². The molecule has 0 unspecified atom stereocenters. The molecule has 1 saturated heterocycles. The van der Waals surface area contributed by atoms with E-state index < -0.39 is 0 Å². The van der Waals surface area contributed by atoms with Crippen LogP contribution < -0.4 is 4.74 Å². The smallest absolute Gasteiger partial charge is 0.260 e. The summed E-state index contributed by atoms with van der Waals surface area (Å²) in [6.45, 7) is 2.29. The molecule has 1 fully saturated rings. The second-order valence-corrected chi connectivity index (χ2v) is 5.52. The molecule has 1 heterocycles. The van der Waals surface area contributed by atoms with E-state index in [1.54, 1.807) is 23.1 Å². The minimum absolute atomic E-state index is 0.0275. The Kier molecular flexibility index (Phi) is 5.23. The minimum Gasteiger partial charge on any atom is -0.483 e. The Morgan fingerprint density at radius 2 is 1.88 bits per heavy atom. The number of hydrogen-bond acceptors (Lipinski definition) is 4. The van der Waals surface area contributed by atoms with Crippen molar-refractivity contribution in [2.24, 2.45) is 0 Å². The molecule has 1 aliphatic rings. The number of amides is 1. The lowest BCUT2D eigenvalue weighted by Gasteiger charge is -2.26. The number of aldehydes is 1. The second kappa shape index (κ2) is 7.75. The Balaban J connectivity index is 1.77. The summed E-state index contributed by atoms with van der Waals surface area (Å²) in [4.78, 5) is 25.0. The van der Waals surface area contributed by atoms with E-state index in [0.29, 0.717) is 37.6 Å². The van der Waals surface area contributed by atoms with Gasteiger partial charge in [0.15, 0.2) is 6.61 Å². The first-order valence-corrected chi connectivity index (χ1v) is 7.91. The largest absolute Gasteiger partial charge is 0.483 e. The molecule has 2 aromatic carbocycles. The number of morpholine rings is 1. The maximum absolute atomic E-state index is 12.2. The van der Waals surface area contributed by atoms with E-state index in [-0.39, 0.29) is 12.5 Å². The third-order valence-electron chi connectivity index (χ3n) is 3.94. The van der Waals surface area contributed by atoms with E-state index in [1.165, 1.54) is 0 Å². The SMILES string of the molecule is O=Cc1ccc(OCC(=O)N2CCOCC2)c(-c2ccccc2)c1. The molecule has 0 spiro atoms. The highest BCUT2D eigenvalue weighted by molar-refractivity contribution is 5.82. The topological polar surface area (TPSA) is 55.8 Å². The van der Waals surface area contributed by atoms with Crippen molar-refractivity contribution < 1.29 is 19.1 Å². The number of carbonyl (C=O) groups excluding carboxylic acids is 2. The molecule has 0 radical (unpaired) electrons. The van der Waals surface area contributed by atoms with Gasteiger partial charge in [0.1, 0.15) is 12.0 Å². The summed E-state index contributed by atoms with van der Waals surface area (Å²) in [6, 6.07) is 14.9. The van der Waals surface area contributed by atoms with Crippen molar-refractivity contribution in [1.82, 2.24) is 4.90 Å². The van der Waals surface area contributed by atoms with E-state index in [2.05, 4.69) is 0 Å². The molecular weight excluding hydrogens is 306 g/mol. The molecule has 2 aromatic rings. The summed E-state index contributed by atoms with van der Waals surface area (Å²) in [7, 11) is 0. The first-order chi connectivity index (χ1) is 11.8. The summed E-state index contributed by atoms with van der Waals surface area (Å²) in [5, 5.41) is 0. The number of nitrogens with zero attached hydrogens (tertiary/aromatic N) is 1. The Bertz CT molecular complexity index is 709. The highest BCUT2D eigenvalue weighted by Crippen LogP contribution is 2.30. The molecule has 0 bridgehead atoms. The van der Waals surface area contributed by atoms with E-state index in [1.807, 2.05) is 30.3 Å². The predicted molar refractivity (Wildman–Crippen MR) is 90.2 cm³/mol. The average Bonchev–Trinajstić information content (AvgIpc) is 2.67. The monoisotopic (exact) mass is 325 g/mol. The fourth-order valence-electron chi connectivity index (χ4n) is 2.63. The van der Waals surface area contributed by atoms with Gasteiger partial charge >= 0.3 is 0 Å². The average molecular weight is 325 g/mol. The van der Waals surface area contributed by atoms with Gasteiger partial charge in [-0.2, -0.15) is 0 Å². The van der Waals surface area contributed by atoms with Crippen LogP contribution >= 0.6 is 0 Å². The predicted octanol–water partition coefficient (Wildman–Crippen LogP) is 2.40. The Labute approximate surface area is 140 Å². The number of rotatable bonds is 5. The van der Waals surface area contributed by atoms with Crippen LogP contribution in [0.1, 0.15) is 10.4 Å². The number of hydrogen-bond donors (Lipinski definition) is 0. The van der Waals surface area contributed by atoms with E-state index in [9.17, 15) is 9.59 Å². The van der Waals surface area contributed by atoms with Crippen LogP contribution in [0, 0.1) is 0 Å². The molecular formula is C19H19NO4. The summed E-state index contributed by atoms with van der Waals surface area (Å²) in [6.07, 6.45) is 0.801. The maximum atomic E-state index is 12.2. The number of benzene rings is 2. The van der Waals surface area contributed by atoms with Crippen LogP contribution in [-0.4, -0.2) is 50.0 Å². The van der Waals surface area contributed by atoms with Gasteiger partial charge in [-0.3, -0.25) is 9.59 Å². The van der Waals surface area contributed by atoms with Crippen LogP contribution in [0.5, 0.6) is 5.75 Å². The zero-order valence-corrected chi connectivity index (χ0v) is 13.3. The molecule has 3 rings (SSSR count). The van der Waals surface area contributed by atoms with Gasteiger partial charge in [-0.15, -0.1) is 0 Å². The Morgan fingerprint density at radius 3 is 2.58 bits per heavy atom. The molecule has 0 N–H and O–H groups in total. The first-order valence-electron chi connectivity index (χ1n) is 7.91. The highest BCUT2D eigenvalue weighted by Gasteiger charge is 2.18. The van der Waals surface area contributed by atoms with Crippen LogP contribution in [0.15, 0.2) is 48.5 Å². The van der Waals surface area contributed by atoms with Gasteiger partial charge in [-0.05, 0) is 23.8 Å². The molecule has 1 aliphatic heterocycles. The van der Waals surface area contributed by atoms with Crippen molar-refractivity contribution in [3.05, 3.63) is 54.1 Å². The lowest BCUT2D eigenvalue weighted by Crippen LogP contribution is -2.43.